The van der Waals surface area contributed by atoms with Gasteiger partial charge in [0.25, 0.3) is 0 Å². The minimum atomic E-state index is -1.08. The molecular weight excluding hydrogens is 302 g/mol. The molecule has 0 aliphatic carbocycles. The predicted molar refractivity (Wildman–Crippen MR) is 80.2 cm³/mol. The number of carboxylic acid groups (broad SMARTS) is 1. The summed E-state index contributed by atoms with van der Waals surface area (Å²) in [5.74, 6) is -0.724. The van der Waals surface area contributed by atoms with E-state index in [0.29, 0.717) is 5.88 Å². The second-order valence-corrected chi connectivity index (χ2v) is 6.46. The van der Waals surface area contributed by atoms with E-state index in [-0.39, 0.29) is 13.0 Å². The van der Waals surface area contributed by atoms with Crippen molar-refractivity contribution in [2.45, 2.75) is 51.9 Å². The van der Waals surface area contributed by atoms with E-state index >= 15 is 0 Å². The number of amides is 1. The number of aliphatic carboxylic acids is 1. The van der Waals surface area contributed by atoms with Crippen LogP contribution in [0.5, 0.6) is 5.88 Å². The highest BCUT2D eigenvalue weighted by molar-refractivity contribution is 5.81. The first-order valence-corrected chi connectivity index (χ1v) is 7.33. The number of aryl methyl sites for hydroxylation is 1. The van der Waals surface area contributed by atoms with Gasteiger partial charge in [0, 0.05) is 18.2 Å². The van der Waals surface area contributed by atoms with Crippen molar-refractivity contribution >= 4 is 12.1 Å². The minimum Gasteiger partial charge on any atom is -0.480 e. The van der Waals surface area contributed by atoms with Crippen LogP contribution >= 0.6 is 0 Å². The van der Waals surface area contributed by atoms with Crippen LogP contribution in [0, 0.1) is 6.92 Å². The number of carbonyl (C=O) groups excluding carboxylic acids is 1. The third-order valence-corrected chi connectivity index (χ3v) is 3.24. The standard InChI is InChI=1S/C15H21N3O5/c1-9-5-12(17-8-16-9)22-10-6-11(13(19)20)18(7-10)14(21)23-15(2,3)4/h5,8,10-11H,6-7H2,1-4H3,(H,19,20)/t10-,11-/m0/s1. The van der Waals surface area contributed by atoms with Crippen molar-refractivity contribution in [2.24, 2.45) is 0 Å². The quantitative estimate of drug-likeness (QED) is 0.901. The highest BCUT2D eigenvalue weighted by atomic mass is 16.6. The lowest BCUT2D eigenvalue weighted by atomic mass is 10.2. The van der Waals surface area contributed by atoms with Crippen LogP contribution in [0.3, 0.4) is 0 Å². The first-order chi connectivity index (χ1) is 10.7. The molecule has 2 rings (SSSR count). The average Bonchev–Trinajstić information content (AvgIpc) is 2.81. The van der Waals surface area contributed by atoms with Crippen LogP contribution in [0.4, 0.5) is 4.79 Å². The van der Waals surface area contributed by atoms with Crippen LogP contribution in [0.2, 0.25) is 0 Å². The van der Waals surface area contributed by atoms with Crippen molar-refractivity contribution in [2.75, 3.05) is 6.54 Å². The van der Waals surface area contributed by atoms with Crippen LogP contribution in [0.25, 0.3) is 0 Å². The molecule has 0 spiro atoms. The molecule has 1 aromatic heterocycles. The molecule has 8 heteroatoms. The van der Waals surface area contributed by atoms with Crippen molar-refractivity contribution < 1.29 is 24.2 Å². The molecule has 0 unspecified atom stereocenters. The third-order valence-electron chi connectivity index (χ3n) is 3.24. The van der Waals surface area contributed by atoms with Crippen molar-refractivity contribution in [1.82, 2.24) is 14.9 Å². The van der Waals surface area contributed by atoms with Gasteiger partial charge in [-0.3, -0.25) is 4.90 Å². The molecule has 23 heavy (non-hydrogen) atoms. The smallest absolute Gasteiger partial charge is 0.411 e. The topological polar surface area (TPSA) is 102 Å². The van der Waals surface area contributed by atoms with Crippen LogP contribution in [0.15, 0.2) is 12.4 Å². The Morgan fingerprint density at radius 1 is 1.35 bits per heavy atom. The van der Waals surface area contributed by atoms with Gasteiger partial charge in [0.05, 0.1) is 6.54 Å². The molecule has 1 N–H and O–H groups in total. The molecule has 0 saturated carbocycles. The fourth-order valence-corrected chi connectivity index (χ4v) is 2.30. The van der Waals surface area contributed by atoms with Crippen molar-refractivity contribution in [3.63, 3.8) is 0 Å². The summed E-state index contributed by atoms with van der Waals surface area (Å²) in [6.07, 6.45) is 0.435. The molecule has 2 heterocycles. The molecule has 0 radical (unpaired) electrons. The van der Waals surface area contributed by atoms with E-state index < -0.39 is 29.8 Å². The Labute approximate surface area is 134 Å². The average molecular weight is 323 g/mol. The third kappa shape index (κ3) is 4.54. The van der Waals surface area contributed by atoms with Crippen molar-refractivity contribution in [1.29, 1.82) is 0 Å². The Bertz CT molecular complexity index is 599. The summed E-state index contributed by atoms with van der Waals surface area (Å²) in [5.41, 5.74) is 0.0508. The second kappa shape index (κ2) is 6.39. The molecule has 126 valence electrons. The van der Waals surface area contributed by atoms with Gasteiger partial charge in [-0.15, -0.1) is 0 Å². The number of nitrogens with zero attached hydrogens (tertiary/aromatic N) is 3. The van der Waals surface area contributed by atoms with Gasteiger partial charge in [-0.1, -0.05) is 0 Å². The molecule has 8 nitrogen and oxygen atoms in total. The highest BCUT2D eigenvalue weighted by Crippen LogP contribution is 2.24. The molecule has 2 atom stereocenters. The van der Waals surface area contributed by atoms with Gasteiger partial charge in [-0.25, -0.2) is 19.6 Å². The fourth-order valence-electron chi connectivity index (χ4n) is 2.30. The number of likely N-dealkylation sites (tertiary alicyclic amines) is 1. The highest BCUT2D eigenvalue weighted by Gasteiger charge is 2.42. The lowest BCUT2D eigenvalue weighted by Gasteiger charge is -2.26. The van der Waals surface area contributed by atoms with Gasteiger partial charge in [-0.05, 0) is 27.7 Å². The zero-order chi connectivity index (χ0) is 17.2. The van der Waals surface area contributed by atoms with Crippen LogP contribution in [-0.4, -0.2) is 56.3 Å². The Morgan fingerprint density at radius 3 is 2.61 bits per heavy atom. The van der Waals surface area contributed by atoms with Crippen LogP contribution in [-0.2, 0) is 9.53 Å². The summed E-state index contributed by atoms with van der Waals surface area (Å²) in [5, 5.41) is 9.33. The Kier molecular flexibility index (Phi) is 4.72. The number of hydrogen-bond acceptors (Lipinski definition) is 6. The number of rotatable bonds is 3. The van der Waals surface area contributed by atoms with Gasteiger partial charge >= 0.3 is 12.1 Å². The second-order valence-electron chi connectivity index (χ2n) is 6.46. The summed E-state index contributed by atoms with van der Waals surface area (Å²) in [6.45, 7) is 7.13. The SMILES string of the molecule is Cc1cc(O[C@H]2C[C@@H](C(=O)O)N(C(=O)OC(C)(C)C)C2)ncn1. The predicted octanol–water partition coefficient (Wildman–Crippen LogP) is 1.63. The molecular formula is C15H21N3O5. The Morgan fingerprint density at radius 2 is 2.04 bits per heavy atom. The van der Waals surface area contributed by atoms with Gasteiger partial charge in [0.15, 0.2) is 0 Å². The summed E-state index contributed by atoms with van der Waals surface area (Å²) in [6, 6.07) is 0.684. The summed E-state index contributed by atoms with van der Waals surface area (Å²) in [4.78, 5) is 32.7. The number of hydrogen-bond donors (Lipinski definition) is 1. The maximum absolute atomic E-state index is 12.2. The Hall–Kier alpha value is -2.38. The van der Waals surface area contributed by atoms with Gasteiger partial charge in [-0.2, -0.15) is 0 Å². The van der Waals surface area contributed by atoms with Gasteiger partial charge < -0.3 is 14.6 Å². The minimum absolute atomic E-state index is 0.134. The van der Waals surface area contributed by atoms with Crippen LogP contribution < -0.4 is 4.74 Å². The van der Waals surface area contributed by atoms with E-state index in [4.69, 9.17) is 9.47 Å². The maximum atomic E-state index is 12.2. The molecule has 1 fully saturated rings. The molecule has 1 aliphatic heterocycles. The lowest BCUT2D eigenvalue weighted by molar-refractivity contribution is -0.142. The number of aromatic nitrogens is 2. The monoisotopic (exact) mass is 323 g/mol. The zero-order valence-corrected chi connectivity index (χ0v) is 13.6. The van der Waals surface area contributed by atoms with E-state index in [2.05, 4.69) is 9.97 Å². The number of carboxylic acids is 1. The summed E-state index contributed by atoms with van der Waals surface area (Å²) in [7, 11) is 0. The largest absolute Gasteiger partial charge is 0.480 e. The van der Waals surface area contributed by atoms with Gasteiger partial charge in [0.2, 0.25) is 5.88 Å². The molecule has 0 bridgehead atoms. The molecule has 1 saturated heterocycles. The number of ether oxygens (including phenoxy) is 2. The molecule has 1 aromatic rings. The number of carbonyl (C=O) groups is 2. The van der Waals surface area contributed by atoms with E-state index in [1.807, 2.05) is 0 Å². The van der Waals surface area contributed by atoms with Crippen LogP contribution in [0.1, 0.15) is 32.9 Å². The fraction of sp³-hybridized carbons (Fsp3) is 0.600. The lowest BCUT2D eigenvalue weighted by Crippen LogP contribution is -2.43. The van der Waals surface area contributed by atoms with Crippen molar-refractivity contribution in [3.8, 4) is 5.88 Å². The summed E-state index contributed by atoms with van der Waals surface area (Å²) < 4.78 is 10.9. The maximum Gasteiger partial charge on any atom is 0.411 e. The Balaban J connectivity index is 2.08. The molecule has 0 aromatic carbocycles. The molecule has 1 amide bonds. The van der Waals surface area contributed by atoms with E-state index in [9.17, 15) is 14.7 Å². The van der Waals surface area contributed by atoms with Gasteiger partial charge in [0.1, 0.15) is 24.1 Å². The van der Waals surface area contributed by atoms with E-state index in [1.54, 1.807) is 33.8 Å². The van der Waals surface area contributed by atoms with E-state index in [0.717, 1.165) is 5.69 Å². The molecule has 1 aliphatic rings. The zero-order valence-electron chi connectivity index (χ0n) is 13.6. The normalized spacial score (nSPS) is 21.1. The first kappa shape index (κ1) is 17.0. The summed E-state index contributed by atoms with van der Waals surface area (Å²) >= 11 is 0. The van der Waals surface area contributed by atoms with E-state index in [1.165, 1.54) is 11.2 Å². The first-order valence-electron chi connectivity index (χ1n) is 7.33. The van der Waals surface area contributed by atoms with Crippen molar-refractivity contribution in [3.05, 3.63) is 18.1 Å².